The van der Waals surface area contributed by atoms with Crippen molar-refractivity contribution in [1.29, 1.82) is 0 Å². The first kappa shape index (κ1) is 10.8. The first-order chi connectivity index (χ1) is 7.16. The van der Waals surface area contributed by atoms with E-state index in [0.717, 1.165) is 10.0 Å². The van der Waals surface area contributed by atoms with Crippen LogP contribution in [-0.2, 0) is 0 Å². The number of aromatic nitrogens is 1. The second-order valence-corrected chi connectivity index (χ2v) is 5.60. The Bertz CT molecular complexity index is 467. The van der Waals surface area contributed by atoms with Crippen molar-refractivity contribution in [2.45, 2.75) is 13.0 Å². The standard InChI is InChI=1S/C11H11BrN2S/c1-7-2-3-10(15-7)11(13)8-4-9(12)6-14-5-8/h2-6,11H,13H2,1H3. The Balaban J connectivity index is 2.32. The topological polar surface area (TPSA) is 38.9 Å². The third-order valence-electron chi connectivity index (χ3n) is 2.15. The molecule has 0 saturated heterocycles. The molecule has 0 aliphatic rings. The predicted molar refractivity (Wildman–Crippen MR) is 67.0 cm³/mol. The lowest BCUT2D eigenvalue weighted by atomic mass is 10.1. The molecule has 0 aliphatic heterocycles. The summed E-state index contributed by atoms with van der Waals surface area (Å²) < 4.78 is 0.962. The molecule has 1 atom stereocenters. The van der Waals surface area contributed by atoms with Crippen LogP contribution in [0.1, 0.15) is 21.4 Å². The predicted octanol–water partition coefficient (Wildman–Crippen LogP) is 3.26. The van der Waals surface area contributed by atoms with Crippen molar-refractivity contribution in [3.63, 3.8) is 0 Å². The molecule has 78 valence electrons. The molecule has 0 fully saturated rings. The van der Waals surface area contributed by atoms with Gasteiger partial charge in [-0.2, -0.15) is 0 Å². The monoisotopic (exact) mass is 282 g/mol. The lowest BCUT2D eigenvalue weighted by Crippen LogP contribution is -2.10. The van der Waals surface area contributed by atoms with Gasteiger partial charge >= 0.3 is 0 Å². The molecule has 0 aliphatic carbocycles. The molecular weight excluding hydrogens is 272 g/mol. The van der Waals surface area contributed by atoms with Gasteiger partial charge in [-0.3, -0.25) is 4.98 Å². The highest BCUT2D eigenvalue weighted by molar-refractivity contribution is 9.10. The first-order valence-corrected chi connectivity index (χ1v) is 6.20. The summed E-state index contributed by atoms with van der Waals surface area (Å²) in [5.74, 6) is 0. The summed E-state index contributed by atoms with van der Waals surface area (Å²) >= 11 is 5.12. The minimum Gasteiger partial charge on any atom is -0.320 e. The number of nitrogens with two attached hydrogens (primary N) is 1. The third-order valence-corrected chi connectivity index (χ3v) is 3.67. The van der Waals surface area contributed by atoms with Crippen LogP contribution in [0.3, 0.4) is 0 Å². The molecule has 2 nitrogen and oxygen atoms in total. The molecule has 2 heterocycles. The van der Waals surface area contributed by atoms with Gasteiger partial charge in [0.25, 0.3) is 0 Å². The number of halogens is 1. The van der Waals surface area contributed by atoms with Crippen molar-refractivity contribution < 1.29 is 0 Å². The summed E-state index contributed by atoms with van der Waals surface area (Å²) in [6.45, 7) is 2.08. The fourth-order valence-electron chi connectivity index (χ4n) is 1.38. The highest BCUT2D eigenvalue weighted by atomic mass is 79.9. The zero-order valence-corrected chi connectivity index (χ0v) is 10.7. The van der Waals surface area contributed by atoms with E-state index in [9.17, 15) is 0 Å². The van der Waals surface area contributed by atoms with Crippen LogP contribution < -0.4 is 5.73 Å². The largest absolute Gasteiger partial charge is 0.320 e. The van der Waals surface area contributed by atoms with Gasteiger partial charge in [0.05, 0.1) is 6.04 Å². The number of thiophene rings is 1. The summed E-state index contributed by atoms with van der Waals surface area (Å²) in [6.07, 6.45) is 3.57. The van der Waals surface area contributed by atoms with E-state index in [1.165, 1.54) is 9.75 Å². The Hall–Kier alpha value is -0.710. The molecule has 15 heavy (non-hydrogen) atoms. The summed E-state index contributed by atoms with van der Waals surface area (Å²) in [4.78, 5) is 6.57. The lowest BCUT2D eigenvalue weighted by molar-refractivity contribution is 0.882. The zero-order valence-electron chi connectivity index (χ0n) is 8.27. The maximum absolute atomic E-state index is 6.15. The Morgan fingerprint density at radius 2 is 2.20 bits per heavy atom. The average molecular weight is 283 g/mol. The molecule has 2 rings (SSSR count). The first-order valence-electron chi connectivity index (χ1n) is 4.59. The second kappa shape index (κ2) is 4.43. The van der Waals surface area contributed by atoms with Gasteiger partial charge in [0.2, 0.25) is 0 Å². The lowest BCUT2D eigenvalue weighted by Gasteiger charge is -2.09. The van der Waals surface area contributed by atoms with Gasteiger partial charge in [0.1, 0.15) is 0 Å². The van der Waals surface area contributed by atoms with Crippen LogP contribution in [0.15, 0.2) is 35.1 Å². The highest BCUT2D eigenvalue weighted by Crippen LogP contribution is 2.26. The van der Waals surface area contributed by atoms with Gasteiger partial charge in [-0.05, 0) is 46.6 Å². The molecule has 4 heteroatoms. The maximum Gasteiger partial charge on any atom is 0.0661 e. The summed E-state index contributed by atoms with van der Waals surface area (Å²) in [5.41, 5.74) is 7.18. The van der Waals surface area contributed by atoms with Crippen LogP contribution in [0, 0.1) is 6.92 Å². The molecule has 0 amide bonds. The Morgan fingerprint density at radius 1 is 1.40 bits per heavy atom. The van der Waals surface area contributed by atoms with Crippen molar-refractivity contribution in [1.82, 2.24) is 4.98 Å². The van der Waals surface area contributed by atoms with Crippen LogP contribution in [0.25, 0.3) is 0 Å². The number of hydrogen-bond donors (Lipinski definition) is 1. The quantitative estimate of drug-likeness (QED) is 0.918. The second-order valence-electron chi connectivity index (χ2n) is 3.36. The van der Waals surface area contributed by atoms with E-state index < -0.39 is 0 Å². The van der Waals surface area contributed by atoms with E-state index in [1.54, 1.807) is 17.5 Å². The molecule has 0 saturated carbocycles. The Kier molecular flexibility index (Phi) is 3.19. The normalized spacial score (nSPS) is 12.7. The zero-order chi connectivity index (χ0) is 10.8. The molecule has 0 bridgehead atoms. The average Bonchev–Trinajstić information content (AvgIpc) is 2.64. The van der Waals surface area contributed by atoms with Gasteiger partial charge in [-0.1, -0.05) is 0 Å². The molecule has 1 unspecified atom stereocenters. The van der Waals surface area contributed by atoms with Crippen LogP contribution in [0.5, 0.6) is 0 Å². The summed E-state index contributed by atoms with van der Waals surface area (Å²) in [7, 11) is 0. The van der Waals surface area contributed by atoms with Crippen molar-refractivity contribution in [2.75, 3.05) is 0 Å². The molecular formula is C11H11BrN2S. The van der Waals surface area contributed by atoms with E-state index in [2.05, 4.69) is 40.0 Å². The molecule has 2 aromatic heterocycles. The smallest absolute Gasteiger partial charge is 0.0661 e. The summed E-state index contributed by atoms with van der Waals surface area (Å²) in [5, 5.41) is 0. The van der Waals surface area contributed by atoms with Gasteiger partial charge in [0.15, 0.2) is 0 Å². The number of pyridine rings is 1. The van der Waals surface area contributed by atoms with Gasteiger partial charge in [-0.25, -0.2) is 0 Å². The number of aryl methyl sites for hydroxylation is 1. The number of nitrogens with zero attached hydrogens (tertiary/aromatic N) is 1. The fraction of sp³-hybridized carbons (Fsp3) is 0.182. The van der Waals surface area contributed by atoms with Crippen LogP contribution in [-0.4, -0.2) is 4.98 Å². The number of hydrogen-bond acceptors (Lipinski definition) is 3. The minimum absolute atomic E-state index is 0.0753. The molecule has 0 aromatic carbocycles. The van der Waals surface area contributed by atoms with E-state index in [-0.39, 0.29) is 6.04 Å². The SMILES string of the molecule is Cc1ccc(C(N)c2cncc(Br)c2)s1. The van der Waals surface area contributed by atoms with E-state index >= 15 is 0 Å². The Labute approximate surface area is 101 Å². The van der Waals surface area contributed by atoms with E-state index in [4.69, 9.17) is 5.73 Å². The molecule has 2 N–H and O–H groups in total. The van der Waals surface area contributed by atoms with Gasteiger partial charge in [-0.15, -0.1) is 11.3 Å². The molecule has 2 aromatic rings. The third kappa shape index (κ3) is 2.45. The molecule has 0 spiro atoms. The van der Waals surface area contributed by atoms with Crippen molar-refractivity contribution in [3.8, 4) is 0 Å². The van der Waals surface area contributed by atoms with E-state index in [0.29, 0.717) is 0 Å². The van der Waals surface area contributed by atoms with Crippen molar-refractivity contribution in [2.24, 2.45) is 5.73 Å². The Morgan fingerprint density at radius 3 is 2.80 bits per heavy atom. The minimum atomic E-state index is -0.0753. The van der Waals surface area contributed by atoms with Crippen molar-refractivity contribution >= 4 is 27.3 Å². The maximum atomic E-state index is 6.15. The van der Waals surface area contributed by atoms with Gasteiger partial charge < -0.3 is 5.73 Å². The van der Waals surface area contributed by atoms with Crippen LogP contribution in [0.2, 0.25) is 0 Å². The van der Waals surface area contributed by atoms with E-state index in [1.807, 2.05) is 12.3 Å². The van der Waals surface area contributed by atoms with Crippen LogP contribution in [0.4, 0.5) is 0 Å². The summed E-state index contributed by atoms with van der Waals surface area (Å²) in [6, 6.07) is 6.09. The highest BCUT2D eigenvalue weighted by Gasteiger charge is 2.11. The fourth-order valence-corrected chi connectivity index (χ4v) is 2.67. The molecule has 0 radical (unpaired) electrons. The van der Waals surface area contributed by atoms with Gasteiger partial charge in [0, 0.05) is 26.6 Å². The van der Waals surface area contributed by atoms with Crippen LogP contribution >= 0.6 is 27.3 Å². The number of rotatable bonds is 2. The van der Waals surface area contributed by atoms with Crippen molar-refractivity contribution in [3.05, 3.63) is 50.4 Å².